The van der Waals surface area contributed by atoms with Crippen molar-refractivity contribution >= 4 is 56.2 Å². The van der Waals surface area contributed by atoms with Crippen LogP contribution >= 0.6 is 34.5 Å². The number of anilines is 1. The molecule has 0 atom stereocenters. The van der Waals surface area contributed by atoms with Crippen LogP contribution in [-0.4, -0.2) is 5.91 Å². The molecule has 1 N–H and O–H groups in total. The lowest BCUT2D eigenvalue weighted by Gasteiger charge is -2.15. The van der Waals surface area contributed by atoms with Crippen LogP contribution in [0.4, 0.5) is 5.69 Å². The molecule has 3 rings (SSSR count). The van der Waals surface area contributed by atoms with Gasteiger partial charge in [0.05, 0.1) is 5.02 Å². The second-order valence-electron chi connectivity index (χ2n) is 5.46. The Balaban J connectivity index is 2.03. The van der Waals surface area contributed by atoms with Crippen LogP contribution in [0.15, 0.2) is 36.4 Å². The summed E-state index contributed by atoms with van der Waals surface area (Å²) in [6.45, 7) is 4.09. The van der Waals surface area contributed by atoms with Crippen LogP contribution in [0.1, 0.15) is 34.6 Å². The summed E-state index contributed by atoms with van der Waals surface area (Å²) >= 11 is 14.1. The highest BCUT2D eigenvalue weighted by Gasteiger charge is 2.19. The van der Waals surface area contributed by atoms with Crippen LogP contribution in [0, 0.1) is 0 Å². The monoisotopic (exact) mass is 377 g/mol. The SMILES string of the molecule is CCc1ccc(Cl)c(CC)c1NC(=O)c1sc2ccccc2c1Cl. The molecule has 0 unspecified atom stereocenters. The molecule has 1 amide bonds. The van der Waals surface area contributed by atoms with E-state index in [-0.39, 0.29) is 5.91 Å². The number of carbonyl (C=O) groups excluding carboxylic acids is 1. The third-order valence-electron chi connectivity index (χ3n) is 4.06. The summed E-state index contributed by atoms with van der Waals surface area (Å²) in [5.41, 5.74) is 2.84. The average molecular weight is 378 g/mol. The number of amides is 1. The molecular formula is C19H17Cl2NOS. The highest BCUT2D eigenvalue weighted by Crippen LogP contribution is 2.36. The predicted octanol–water partition coefficient (Wildman–Crippen LogP) is 6.59. The summed E-state index contributed by atoms with van der Waals surface area (Å²) in [4.78, 5) is 13.4. The van der Waals surface area contributed by atoms with E-state index in [9.17, 15) is 4.79 Å². The molecule has 0 fully saturated rings. The van der Waals surface area contributed by atoms with Crippen molar-refractivity contribution in [2.45, 2.75) is 26.7 Å². The Kier molecular flexibility index (Phi) is 5.14. The van der Waals surface area contributed by atoms with E-state index in [4.69, 9.17) is 23.2 Å². The molecule has 0 aliphatic heterocycles. The largest absolute Gasteiger partial charge is 0.321 e. The Labute approximate surface area is 155 Å². The van der Waals surface area contributed by atoms with Crippen molar-refractivity contribution in [1.82, 2.24) is 0 Å². The Hall–Kier alpha value is -1.55. The standard InChI is InChI=1S/C19H17Cl2NOS/c1-3-11-9-10-14(20)12(4-2)17(11)22-19(23)18-16(21)13-7-5-6-8-15(13)24-18/h5-10H,3-4H2,1-2H3,(H,22,23). The molecule has 0 bridgehead atoms. The van der Waals surface area contributed by atoms with Crippen LogP contribution in [0.3, 0.4) is 0 Å². The van der Waals surface area contributed by atoms with E-state index in [2.05, 4.69) is 12.2 Å². The summed E-state index contributed by atoms with van der Waals surface area (Å²) in [7, 11) is 0. The first-order chi connectivity index (χ1) is 11.6. The minimum absolute atomic E-state index is 0.187. The van der Waals surface area contributed by atoms with E-state index in [0.29, 0.717) is 14.9 Å². The molecule has 24 heavy (non-hydrogen) atoms. The van der Waals surface area contributed by atoms with Gasteiger partial charge in [-0.25, -0.2) is 0 Å². The van der Waals surface area contributed by atoms with Crippen LogP contribution in [0.25, 0.3) is 10.1 Å². The van der Waals surface area contributed by atoms with Gasteiger partial charge in [0, 0.05) is 20.8 Å². The minimum Gasteiger partial charge on any atom is -0.321 e. The summed E-state index contributed by atoms with van der Waals surface area (Å²) in [5.74, 6) is -0.187. The number of aryl methyl sites for hydroxylation is 1. The van der Waals surface area contributed by atoms with Gasteiger partial charge in [0.15, 0.2) is 0 Å². The van der Waals surface area contributed by atoms with Crippen molar-refractivity contribution in [2.24, 2.45) is 0 Å². The first-order valence-electron chi connectivity index (χ1n) is 7.85. The Morgan fingerprint density at radius 1 is 1.08 bits per heavy atom. The quantitative estimate of drug-likeness (QED) is 0.545. The van der Waals surface area contributed by atoms with E-state index in [1.165, 1.54) is 11.3 Å². The number of thiophene rings is 1. The lowest BCUT2D eigenvalue weighted by Crippen LogP contribution is -2.14. The van der Waals surface area contributed by atoms with Gasteiger partial charge in [-0.2, -0.15) is 0 Å². The fraction of sp³-hybridized carbons (Fsp3) is 0.211. The molecule has 2 nitrogen and oxygen atoms in total. The zero-order valence-electron chi connectivity index (χ0n) is 13.5. The fourth-order valence-electron chi connectivity index (χ4n) is 2.80. The fourth-order valence-corrected chi connectivity index (χ4v) is 4.50. The molecule has 0 aliphatic carbocycles. The first kappa shape index (κ1) is 17.3. The van der Waals surface area contributed by atoms with Crippen molar-refractivity contribution < 1.29 is 4.79 Å². The van der Waals surface area contributed by atoms with Gasteiger partial charge in [0.2, 0.25) is 0 Å². The average Bonchev–Trinajstić information content (AvgIpc) is 2.93. The van der Waals surface area contributed by atoms with Gasteiger partial charge in [-0.1, -0.05) is 61.3 Å². The van der Waals surface area contributed by atoms with Gasteiger partial charge in [-0.3, -0.25) is 4.79 Å². The Morgan fingerprint density at radius 3 is 2.50 bits per heavy atom. The van der Waals surface area contributed by atoms with Crippen molar-refractivity contribution in [3.8, 4) is 0 Å². The van der Waals surface area contributed by atoms with Gasteiger partial charge in [-0.05, 0) is 36.1 Å². The summed E-state index contributed by atoms with van der Waals surface area (Å²) in [5, 5.41) is 5.13. The number of hydrogen-bond acceptors (Lipinski definition) is 2. The molecule has 2 aromatic carbocycles. The zero-order chi connectivity index (χ0) is 17.3. The highest BCUT2D eigenvalue weighted by molar-refractivity contribution is 7.21. The number of hydrogen-bond donors (Lipinski definition) is 1. The maximum absolute atomic E-state index is 12.8. The third kappa shape index (κ3) is 3.04. The van der Waals surface area contributed by atoms with E-state index in [0.717, 1.165) is 39.7 Å². The molecule has 1 heterocycles. The zero-order valence-corrected chi connectivity index (χ0v) is 15.8. The Morgan fingerprint density at radius 2 is 1.83 bits per heavy atom. The molecule has 3 aromatic rings. The second-order valence-corrected chi connectivity index (χ2v) is 7.30. The van der Waals surface area contributed by atoms with Gasteiger partial charge >= 0.3 is 0 Å². The second kappa shape index (κ2) is 7.14. The maximum atomic E-state index is 12.8. The van der Waals surface area contributed by atoms with Crippen molar-refractivity contribution in [1.29, 1.82) is 0 Å². The minimum atomic E-state index is -0.187. The summed E-state index contributed by atoms with van der Waals surface area (Å²) in [6, 6.07) is 11.6. The van der Waals surface area contributed by atoms with E-state index < -0.39 is 0 Å². The van der Waals surface area contributed by atoms with Gasteiger partial charge in [0.1, 0.15) is 4.88 Å². The molecule has 0 saturated carbocycles. The molecule has 0 saturated heterocycles. The lowest BCUT2D eigenvalue weighted by atomic mass is 10.0. The molecule has 124 valence electrons. The molecule has 0 radical (unpaired) electrons. The number of rotatable bonds is 4. The van der Waals surface area contributed by atoms with Crippen molar-refractivity contribution in [3.63, 3.8) is 0 Å². The summed E-state index contributed by atoms with van der Waals surface area (Å²) in [6.07, 6.45) is 1.57. The summed E-state index contributed by atoms with van der Waals surface area (Å²) < 4.78 is 1.00. The molecular weight excluding hydrogens is 361 g/mol. The van der Waals surface area contributed by atoms with Crippen LogP contribution in [-0.2, 0) is 12.8 Å². The molecule has 0 aliphatic rings. The van der Waals surface area contributed by atoms with E-state index in [1.54, 1.807) is 0 Å². The smallest absolute Gasteiger partial charge is 0.267 e. The molecule has 1 aromatic heterocycles. The molecule has 0 spiro atoms. The number of carbonyl (C=O) groups is 1. The predicted molar refractivity (Wildman–Crippen MR) is 105 cm³/mol. The third-order valence-corrected chi connectivity index (χ3v) is 6.08. The van der Waals surface area contributed by atoms with Gasteiger partial charge in [0.25, 0.3) is 5.91 Å². The van der Waals surface area contributed by atoms with Crippen LogP contribution in [0.2, 0.25) is 10.0 Å². The van der Waals surface area contributed by atoms with Crippen LogP contribution < -0.4 is 5.32 Å². The number of halogens is 2. The molecule has 5 heteroatoms. The number of fused-ring (bicyclic) bond motifs is 1. The number of nitrogens with one attached hydrogen (secondary N) is 1. The van der Waals surface area contributed by atoms with Crippen molar-refractivity contribution in [3.05, 3.63) is 62.4 Å². The normalized spacial score (nSPS) is 11.0. The number of benzene rings is 2. The maximum Gasteiger partial charge on any atom is 0.267 e. The van der Waals surface area contributed by atoms with Gasteiger partial charge < -0.3 is 5.32 Å². The van der Waals surface area contributed by atoms with Crippen LogP contribution in [0.5, 0.6) is 0 Å². The van der Waals surface area contributed by atoms with E-state index in [1.807, 2.05) is 43.3 Å². The highest BCUT2D eigenvalue weighted by atomic mass is 35.5. The van der Waals surface area contributed by atoms with Crippen molar-refractivity contribution in [2.75, 3.05) is 5.32 Å². The first-order valence-corrected chi connectivity index (χ1v) is 9.42. The van der Waals surface area contributed by atoms with Gasteiger partial charge in [-0.15, -0.1) is 11.3 Å². The lowest BCUT2D eigenvalue weighted by molar-refractivity contribution is 0.103. The topological polar surface area (TPSA) is 29.1 Å². The van der Waals surface area contributed by atoms with E-state index >= 15 is 0 Å². The Bertz CT molecular complexity index is 917.